The molecule has 0 unspecified atom stereocenters. The molecule has 1 aromatic carbocycles. The van der Waals surface area contributed by atoms with E-state index in [1.54, 1.807) is 7.11 Å². The summed E-state index contributed by atoms with van der Waals surface area (Å²) in [7, 11) is 1.67. The predicted octanol–water partition coefficient (Wildman–Crippen LogP) is 3.50. The second-order valence-corrected chi connectivity index (χ2v) is 5.12. The average molecular weight is 247 g/mol. The molecule has 98 valence electrons. The van der Waals surface area contributed by atoms with Crippen LogP contribution in [-0.2, 0) is 6.54 Å². The Morgan fingerprint density at radius 1 is 1.28 bits per heavy atom. The van der Waals surface area contributed by atoms with Crippen LogP contribution in [0, 0.1) is 12.8 Å². The lowest BCUT2D eigenvalue weighted by molar-refractivity contribution is 0.405. The molecule has 0 atom stereocenters. The molecule has 0 aliphatic rings. The van der Waals surface area contributed by atoms with Crippen LogP contribution >= 0.6 is 0 Å². The lowest BCUT2D eigenvalue weighted by Crippen LogP contribution is -2.18. The van der Waals surface area contributed by atoms with Crippen molar-refractivity contribution in [1.82, 2.24) is 5.32 Å². The molecule has 3 heteroatoms. The number of hydrogen-bond donors (Lipinski definition) is 1. The van der Waals surface area contributed by atoms with Gasteiger partial charge in [-0.05, 0) is 43.1 Å². The standard InChI is InChI=1S/C15H21NO2/c1-10(2)8-16-9-13-7-12-5-11(3)6-14(17-4)15(12)18-13/h5-7,10,16H,8-9H2,1-4H3. The van der Waals surface area contributed by atoms with Crippen molar-refractivity contribution in [3.63, 3.8) is 0 Å². The first-order chi connectivity index (χ1) is 8.60. The van der Waals surface area contributed by atoms with E-state index >= 15 is 0 Å². The van der Waals surface area contributed by atoms with Crippen molar-refractivity contribution in [2.45, 2.75) is 27.3 Å². The van der Waals surface area contributed by atoms with Gasteiger partial charge in [0.1, 0.15) is 5.76 Å². The molecule has 0 aliphatic carbocycles. The minimum absolute atomic E-state index is 0.645. The van der Waals surface area contributed by atoms with Gasteiger partial charge in [-0.2, -0.15) is 0 Å². The average Bonchev–Trinajstić information content (AvgIpc) is 2.69. The number of furan rings is 1. The number of hydrogen-bond acceptors (Lipinski definition) is 3. The van der Waals surface area contributed by atoms with Crippen LogP contribution in [0.3, 0.4) is 0 Å². The Labute approximate surface area is 108 Å². The SMILES string of the molecule is COc1cc(C)cc2cc(CNCC(C)C)oc12. The van der Waals surface area contributed by atoms with Gasteiger partial charge in [0.05, 0.1) is 13.7 Å². The number of benzene rings is 1. The van der Waals surface area contributed by atoms with Crippen molar-refractivity contribution < 1.29 is 9.15 Å². The van der Waals surface area contributed by atoms with E-state index < -0.39 is 0 Å². The smallest absolute Gasteiger partial charge is 0.176 e. The molecule has 1 heterocycles. The van der Waals surface area contributed by atoms with Crippen molar-refractivity contribution in [2.75, 3.05) is 13.7 Å². The maximum Gasteiger partial charge on any atom is 0.176 e. The van der Waals surface area contributed by atoms with E-state index in [4.69, 9.17) is 9.15 Å². The summed E-state index contributed by atoms with van der Waals surface area (Å²) in [5.74, 6) is 2.40. The molecule has 0 fully saturated rings. The van der Waals surface area contributed by atoms with Gasteiger partial charge >= 0.3 is 0 Å². The van der Waals surface area contributed by atoms with Crippen LogP contribution in [0.2, 0.25) is 0 Å². The van der Waals surface area contributed by atoms with Crippen LogP contribution in [0.5, 0.6) is 5.75 Å². The molecule has 0 amide bonds. The fourth-order valence-corrected chi connectivity index (χ4v) is 2.04. The highest BCUT2D eigenvalue weighted by Crippen LogP contribution is 2.30. The molecule has 0 spiro atoms. The summed E-state index contributed by atoms with van der Waals surface area (Å²) in [6, 6.07) is 6.20. The maximum absolute atomic E-state index is 5.84. The van der Waals surface area contributed by atoms with Crippen LogP contribution in [0.15, 0.2) is 22.6 Å². The minimum atomic E-state index is 0.645. The molecule has 3 nitrogen and oxygen atoms in total. The van der Waals surface area contributed by atoms with Gasteiger partial charge < -0.3 is 14.5 Å². The molecule has 2 rings (SSSR count). The highest BCUT2D eigenvalue weighted by molar-refractivity contribution is 5.84. The summed E-state index contributed by atoms with van der Waals surface area (Å²) < 4.78 is 11.2. The summed E-state index contributed by atoms with van der Waals surface area (Å²) in [5, 5.41) is 4.48. The van der Waals surface area contributed by atoms with Crippen molar-refractivity contribution in [3.8, 4) is 5.75 Å². The first kappa shape index (κ1) is 13.0. The van der Waals surface area contributed by atoms with Gasteiger partial charge in [-0.1, -0.05) is 13.8 Å². The van der Waals surface area contributed by atoms with E-state index in [2.05, 4.69) is 38.2 Å². The largest absolute Gasteiger partial charge is 0.493 e. The quantitative estimate of drug-likeness (QED) is 0.878. The minimum Gasteiger partial charge on any atom is -0.493 e. The Morgan fingerprint density at radius 3 is 2.72 bits per heavy atom. The van der Waals surface area contributed by atoms with Gasteiger partial charge in [0.2, 0.25) is 0 Å². The lowest BCUT2D eigenvalue weighted by atomic mass is 10.1. The number of nitrogens with one attached hydrogen (secondary N) is 1. The molecular weight excluding hydrogens is 226 g/mol. The lowest BCUT2D eigenvalue weighted by Gasteiger charge is -2.04. The van der Waals surface area contributed by atoms with E-state index in [-0.39, 0.29) is 0 Å². The zero-order valence-corrected chi connectivity index (χ0v) is 11.5. The number of fused-ring (bicyclic) bond motifs is 1. The number of ether oxygens (including phenoxy) is 1. The van der Waals surface area contributed by atoms with Crippen LogP contribution in [0.1, 0.15) is 25.2 Å². The van der Waals surface area contributed by atoms with E-state index in [1.807, 2.05) is 6.07 Å². The van der Waals surface area contributed by atoms with Crippen molar-refractivity contribution in [1.29, 1.82) is 0 Å². The zero-order valence-electron chi connectivity index (χ0n) is 11.5. The Balaban J connectivity index is 2.21. The highest BCUT2D eigenvalue weighted by atomic mass is 16.5. The third kappa shape index (κ3) is 2.85. The summed E-state index contributed by atoms with van der Waals surface area (Å²) in [4.78, 5) is 0. The molecule has 0 bridgehead atoms. The monoisotopic (exact) mass is 247 g/mol. The van der Waals surface area contributed by atoms with E-state index in [1.165, 1.54) is 5.56 Å². The Kier molecular flexibility index (Phi) is 3.92. The van der Waals surface area contributed by atoms with Gasteiger partial charge in [-0.25, -0.2) is 0 Å². The second kappa shape index (κ2) is 5.44. The summed E-state index contributed by atoms with van der Waals surface area (Å²) in [6.45, 7) is 8.20. The van der Waals surface area contributed by atoms with Gasteiger partial charge in [0.25, 0.3) is 0 Å². The highest BCUT2D eigenvalue weighted by Gasteiger charge is 2.09. The van der Waals surface area contributed by atoms with Crippen molar-refractivity contribution in [2.24, 2.45) is 5.92 Å². The summed E-state index contributed by atoms with van der Waals surface area (Å²) in [5.41, 5.74) is 2.02. The van der Waals surface area contributed by atoms with Gasteiger partial charge in [0.15, 0.2) is 11.3 Å². The topological polar surface area (TPSA) is 34.4 Å². The Hall–Kier alpha value is -1.48. The van der Waals surface area contributed by atoms with Crippen LogP contribution < -0.4 is 10.1 Å². The number of rotatable bonds is 5. The third-order valence-electron chi connectivity index (χ3n) is 2.85. The summed E-state index contributed by atoms with van der Waals surface area (Å²) in [6.07, 6.45) is 0. The van der Waals surface area contributed by atoms with Gasteiger partial charge in [-0.15, -0.1) is 0 Å². The van der Waals surface area contributed by atoms with Crippen molar-refractivity contribution >= 4 is 11.0 Å². The first-order valence-electron chi connectivity index (χ1n) is 6.38. The molecule has 0 saturated carbocycles. The summed E-state index contributed by atoms with van der Waals surface area (Å²) >= 11 is 0. The predicted molar refractivity (Wildman–Crippen MR) is 74.0 cm³/mol. The van der Waals surface area contributed by atoms with Crippen LogP contribution in [-0.4, -0.2) is 13.7 Å². The van der Waals surface area contributed by atoms with Gasteiger partial charge in [0, 0.05) is 5.39 Å². The van der Waals surface area contributed by atoms with E-state index in [9.17, 15) is 0 Å². The molecule has 0 aliphatic heterocycles. The second-order valence-electron chi connectivity index (χ2n) is 5.12. The van der Waals surface area contributed by atoms with Crippen molar-refractivity contribution in [3.05, 3.63) is 29.5 Å². The number of methoxy groups -OCH3 is 1. The maximum atomic E-state index is 5.84. The molecule has 0 saturated heterocycles. The Bertz CT molecular complexity index is 529. The molecule has 0 radical (unpaired) electrons. The van der Waals surface area contributed by atoms with E-state index in [0.29, 0.717) is 5.92 Å². The molecular formula is C15H21NO2. The molecule has 1 N–H and O–H groups in total. The van der Waals surface area contributed by atoms with E-state index in [0.717, 1.165) is 35.6 Å². The fourth-order valence-electron chi connectivity index (χ4n) is 2.04. The van der Waals surface area contributed by atoms with Gasteiger partial charge in [-0.3, -0.25) is 0 Å². The van der Waals surface area contributed by atoms with Crippen LogP contribution in [0.4, 0.5) is 0 Å². The molecule has 18 heavy (non-hydrogen) atoms. The molecule has 1 aromatic heterocycles. The zero-order chi connectivity index (χ0) is 13.1. The first-order valence-corrected chi connectivity index (χ1v) is 6.38. The number of aryl methyl sites for hydroxylation is 1. The third-order valence-corrected chi connectivity index (χ3v) is 2.85. The molecule has 2 aromatic rings. The van der Waals surface area contributed by atoms with Crippen LogP contribution in [0.25, 0.3) is 11.0 Å². The Morgan fingerprint density at radius 2 is 2.06 bits per heavy atom. The fraction of sp³-hybridized carbons (Fsp3) is 0.467. The normalized spacial score (nSPS) is 11.4.